The molecule has 1 rings (SSSR count). The van der Waals surface area contributed by atoms with E-state index in [9.17, 15) is 4.79 Å². The average Bonchev–Trinajstić information content (AvgIpc) is 2.15. The van der Waals surface area contributed by atoms with E-state index in [1.807, 2.05) is 12.1 Å². The van der Waals surface area contributed by atoms with E-state index in [-0.39, 0.29) is 6.61 Å². The summed E-state index contributed by atoms with van der Waals surface area (Å²) in [5.41, 5.74) is 1.65. The molecular weight excluding hydrogens is 222 g/mol. The highest BCUT2D eigenvalue weighted by Crippen LogP contribution is 2.04. The van der Waals surface area contributed by atoms with Gasteiger partial charge in [-0.3, -0.25) is 4.98 Å². The maximum atomic E-state index is 9.75. The highest BCUT2D eigenvalue weighted by molar-refractivity contribution is 9.08. The molecule has 12 heavy (non-hydrogen) atoms. The second-order valence-corrected chi connectivity index (χ2v) is 2.69. The first-order valence-electron chi connectivity index (χ1n) is 3.36. The third kappa shape index (κ3) is 2.62. The Morgan fingerprint density at radius 1 is 1.50 bits per heavy atom. The summed E-state index contributed by atoms with van der Waals surface area (Å²) in [6.07, 6.45) is 0. The molecule has 4 heteroatoms. The normalized spacial score (nSPS) is 9.42. The highest BCUT2D eigenvalue weighted by Gasteiger charge is 1.96. The fourth-order valence-electron chi connectivity index (χ4n) is 0.787. The lowest BCUT2D eigenvalue weighted by Gasteiger charge is -1.99. The number of hydrogen-bond donors (Lipinski definition) is 0. The summed E-state index contributed by atoms with van der Waals surface area (Å²) in [7, 11) is 0. The molecule has 0 aromatic carbocycles. The van der Waals surface area contributed by atoms with Crippen LogP contribution in [0.5, 0.6) is 0 Å². The van der Waals surface area contributed by atoms with Crippen molar-refractivity contribution >= 4 is 22.4 Å². The maximum Gasteiger partial charge on any atom is 0.417 e. The molecule has 0 saturated carbocycles. The molecule has 1 aromatic rings. The Balaban J connectivity index is 2.65. The van der Waals surface area contributed by atoms with E-state index >= 15 is 0 Å². The van der Waals surface area contributed by atoms with Gasteiger partial charge in [-0.15, -0.1) is 0 Å². The van der Waals surface area contributed by atoms with Gasteiger partial charge in [0, 0.05) is 5.33 Å². The van der Waals surface area contributed by atoms with Crippen LogP contribution in [0.15, 0.2) is 18.2 Å². The van der Waals surface area contributed by atoms with Gasteiger partial charge in [-0.25, -0.2) is 4.79 Å². The molecule has 0 amide bonds. The van der Waals surface area contributed by atoms with Crippen LogP contribution in [0.3, 0.4) is 0 Å². The van der Waals surface area contributed by atoms with Crippen LogP contribution in [0.2, 0.25) is 0 Å². The number of hydrogen-bond acceptors (Lipinski definition) is 3. The topological polar surface area (TPSA) is 39.2 Å². The third-order valence-corrected chi connectivity index (χ3v) is 1.85. The van der Waals surface area contributed by atoms with Crippen LogP contribution in [0, 0.1) is 0 Å². The van der Waals surface area contributed by atoms with Crippen molar-refractivity contribution < 1.29 is 9.53 Å². The number of aromatic nitrogens is 1. The van der Waals surface area contributed by atoms with E-state index in [4.69, 9.17) is 0 Å². The molecule has 0 saturated heterocycles. The van der Waals surface area contributed by atoms with Crippen LogP contribution in [-0.4, -0.2) is 11.5 Å². The zero-order valence-corrected chi connectivity index (χ0v) is 7.87. The van der Waals surface area contributed by atoms with Crippen LogP contribution in [0.25, 0.3) is 0 Å². The summed E-state index contributed by atoms with van der Waals surface area (Å²) in [6, 6.07) is 5.56. The number of carbonyl (C=O) groups excluding carboxylic acids is 1. The number of alkyl halides is 1. The fraction of sp³-hybridized carbons (Fsp3) is 0.250. The van der Waals surface area contributed by atoms with Gasteiger partial charge in [0.2, 0.25) is 0 Å². The largest absolute Gasteiger partial charge is 0.451 e. The van der Waals surface area contributed by atoms with Crippen molar-refractivity contribution in [2.24, 2.45) is 0 Å². The quantitative estimate of drug-likeness (QED) is 0.735. The molecular formula is C8H7BrNO2. The Bertz CT molecular complexity index is 265. The van der Waals surface area contributed by atoms with Gasteiger partial charge < -0.3 is 4.74 Å². The Hall–Kier alpha value is -0.900. The minimum absolute atomic E-state index is 0.185. The molecule has 0 aliphatic heterocycles. The fourth-order valence-corrected chi connectivity index (χ4v) is 1.10. The zero-order valence-electron chi connectivity index (χ0n) is 6.29. The van der Waals surface area contributed by atoms with Gasteiger partial charge in [-0.1, -0.05) is 22.0 Å². The molecule has 1 heterocycles. The van der Waals surface area contributed by atoms with Crippen LogP contribution >= 0.6 is 15.9 Å². The SMILES string of the molecule is O=[C]OCc1cccc(CBr)n1. The number of nitrogens with zero attached hydrogens (tertiary/aromatic N) is 1. The zero-order chi connectivity index (χ0) is 8.81. The Labute approximate surface area is 78.9 Å². The third-order valence-electron chi connectivity index (χ3n) is 1.28. The van der Waals surface area contributed by atoms with Crippen molar-refractivity contribution in [1.29, 1.82) is 0 Å². The van der Waals surface area contributed by atoms with Gasteiger partial charge >= 0.3 is 6.47 Å². The van der Waals surface area contributed by atoms with E-state index in [1.54, 1.807) is 6.07 Å². The van der Waals surface area contributed by atoms with E-state index in [0.717, 1.165) is 11.4 Å². The van der Waals surface area contributed by atoms with Gasteiger partial charge in [0.15, 0.2) is 0 Å². The summed E-state index contributed by atoms with van der Waals surface area (Å²) in [5.74, 6) is 0. The van der Waals surface area contributed by atoms with Crippen LogP contribution in [0.1, 0.15) is 11.4 Å². The Morgan fingerprint density at radius 2 is 2.25 bits per heavy atom. The first-order valence-corrected chi connectivity index (χ1v) is 4.48. The first kappa shape index (κ1) is 9.19. The van der Waals surface area contributed by atoms with E-state index in [0.29, 0.717) is 5.33 Å². The average molecular weight is 229 g/mol. The lowest BCUT2D eigenvalue weighted by Crippen LogP contribution is -1.95. The molecule has 0 fully saturated rings. The molecule has 63 valence electrons. The molecule has 1 radical (unpaired) electrons. The molecule has 0 atom stereocenters. The molecule has 1 aromatic heterocycles. The van der Waals surface area contributed by atoms with Crippen LogP contribution < -0.4 is 0 Å². The lowest BCUT2D eigenvalue weighted by atomic mass is 10.3. The molecule has 0 aliphatic rings. The predicted molar refractivity (Wildman–Crippen MR) is 47.4 cm³/mol. The number of ether oxygens (including phenoxy) is 1. The standard InChI is InChI=1S/C8H7BrNO2/c9-4-7-2-1-3-8(10-7)5-12-6-11/h1-3H,4-5H2. The molecule has 3 nitrogen and oxygen atoms in total. The first-order chi connectivity index (χ1) is 5.86. The Kier molecular flexibility index (Phi) is 3.73. The molecule has 0 bridgehead atoms. The maximum absolute atomic E-state index is 9.75. The van der Waals surface area contributed by atoms with Crippen LogP contribution in [-0.2, 0) is 21.5 Å². The minimum Gasteiger partial charge on any atom is -0.451 e. The molecule has 0 N–H and O–H groups in total. The molecule has 0 unspecified atom stereocenters. The van der Waals surface area contributed by atoms with Crippen molar-refractivity contribution in [1.82, 2.24) is 4.98 Å². The number of rotatable bonds is 4. The number of pyridine rings is 1. The van der Waals surface area contributed by atoms with Crippen LogP contribution in [0.4, 0.5) is 0 Å². The van der Waals surface area contributed by atoms with Gasteiger partial charge in [0.05, 0.1) is 11.4 Å². The summed E-state index contributed by atoms with van der Waals surface area (Å²) >= 11 is 3.28. The second kappa shape index (κ2) is 4.87. The Morgan fingerprint density at radius 3 is 2.92 bits per heavy atom. The molecule has 0 spiro atoms. The van der Waals surface area contributed by atoms with E-state index in [1.165, 1.54) is 6.47 Å². The monoisotopic (exact) mass is 228 g/mol. The van der Waals surface area contributed by atoms with Crippen molar-refractivity contribution in [3.8, 4) is 0 Å². The van der Waals surface area contributed by atoms with Gasteiger partial charge in [0.25, 0.3) is 0 Å². The summed E-state index contributed by atoms with van der Waals surface area (Å²) in [6.45, 7) is 1.54. The van der Waals surface area contributed by atoms with Gasteiger partial charge in [0.1, 0.15) is 6.61 Å². The van der Waals surface area contributed by atoms with E-state index < -0.39 is 0 Å². The summed E-state index contributed by atoms with van der Waals surface area (Å²) in [5, 5.41) is 0.700. The highest BCUT2D eigenvalue weighted by atomic mass is 79.9. The van der Waals surface area contributed by atoms with Gasteiger partial charge in [-0.05, 0) is 12.1 Å². The summed E-state index contributed by atoms with van der Waals surface area (Å²) in [4.78, 5) is 13.9. The predicted octanol–water partition coefficient (Wildman–Crippen LogP) is 1.56. The van der Waals surface area contributed by atoms with Crippen molar-refractivity contribution in [2.75, 3.05) is 0 Å². The lowest BCUT2D eigenvalue weighted by molar-refractivity contribution is 0.263. The smallest absolute Gasteiger partial charge is 0.417 e. The van der Waals surface area contributed by atoms with Crippen molar-refractivity contribution in [3.05, 3.63) is 29.6 Å². The number of halogens is 1. The summed E-state index contributed by atoms with van der Waals surface area (Å²) < 4.78 is 4.44. The molecule has 0 aliphatic carbocycles. The van der Waals surface area contributed by atoms with Crippen molar-refractivity contribution in [2.45, 2.75) is 11.9 Å². The second-order valence-electron chi connectivity index (χ2n) is 2.13. The minimum atomic E-state index is 0.185. The van der Waals surface area contributed by atoms with Gasteiger partial charge in [-0.2, -0.15) is 0 Å². The van der Waals surface area contributed by atoms with E-state index in [2.05, 4.69) is 25.7 Å². The van der Waals surface area contributed by atoms with Crippen molar-refractivity contribution in [3.63, 3.8) is 0 Å².